The van der Waals surface area contributed by atoms with Crippen LogP contribution < -0.4 is 0 Å². The zero-order chi connectivity index (χ0) is 22.4. The van der Waals surface area contributed by atoms with Crippen LogP contribution in [-0.4, -0.2) is 53.0 Å². The van der Waals surface area contributed by atoms with Gasteiger partial charge in [0.1, 0.15) is 5.94 Å². The van der Waals surface area contributed by atoms with E-state index in [1.54, 1.807) is 11.8 Å². The van der Waals surface area contributed by atoms with E-state index >= 15 is 0 Å². The molecule has 4 aliphatic rings. The van der Waals surface area contributed by atoms with Gasteiger partial charge in [-0.3, -0.25) is 4.79 Å². The molecule has 7 heteroatoms. The predicted molar refractivity (Wildman–Crippen MR) is 125 cm³/mol. The Bertz CT molecular complexity index is 769. The van der Waals surface area contributed by atoms with Gasteiger partial charge < -0.3 is 14.6 Å². The van der Waals surface area contributed by atoms with Gasteiger partial charge in [-0.2, -0.15) is 0 Å². The molecule has 0 aromatic heterocycles. The normalized spacial score (nSPS) is 44.2. The van der Waals surface area contributed by atoms with Gasteiger partial charge in [0.25, 0.3) is 0 Å². The van der Waals surface area contributed by atoms with Gasteiger partial charge in [0.05, 0.1) is 12.0 Å². The van der Waals surface area contributed by atoms with Gasteiger partial charge in [0, 0.05) is 11.8 Å². The van der Waals surface area contributed by atoms with Crippen LogP contribution in [0.4, 0.5) is 0 Å². The summed E-state index contributed by atoms with van der Waals surface area (Å²) in [4.78, 5) is 25.5. The van der Waals surface area contributed by atoms with Crippen molar-refractivity contribution in [1.82, 2.24) is 0 Å². The molecule has 4 aliphatic carbocycles. The SMILES string of the molecule is CSCOC(=O)C1(OCSC)CC[C@H]2[C@@H]3CCC4=CC(=O)CC[C@]4(C)[C@@H]3C(O)C[C@@]21C. The molecule has 5 nitrogen and oxygen atoms in total. The van der Waals surface area contributed by atoms with E-state index in [1.165, 1.54) is 17.3 Å². The van der Waals surface area contributed by atoms with Crippen molar-refractivity contribution in [3.63, 3.8) is 0 Å². The maximum absolute atomic E-state index is 13.4. The minimum atomic E-state index is -0.998. The lowest BCUT2D eigenvalue weighted by molar-refractivity contribution is -0.206. The van der Waals surface area contributed by atoms with Crippen LogP contribution >= 0.6 is 23.5 Å². The molecular weight excluding hydrogens is 432 g/mol. The number of aliphatic hydroxyl groups excluding tert-OH is 1. The van der Waals surface area contributed by atoms with E-state index < -0.39 is 17.1 Å². The molecule has 174 valence electrons. The Morgan fingerprint density at radius 1 is 1.16 bits per heavy atom. The van der Waals surface area contributed by atoms with Crippen molar-refractivity contribution >= 4 is 35.3 Å². The Labute approximate surface area is 194 Å². The third-order valence-electron chi connectivity index (χ3n) is 9.08. The Morgan fingerprint density at radius 2 is 1.90 bits per heavy atom. The van der Waals surface area contributed by atoms with Crippen molar-refractivity contribution < 1.29 is 24.2 Å². The van der Waals surface area contributed by atoms with Crippen LogP contribution in [-0.2, 0) is 19.1 Å². The summed E-state index contributed by atoms with van der Waals surface area (Å²) in [7, 11) is 0. The molecule has 0 aromatic carbocycles. The van der Waals surface area contributed by atoms with E-state index in [9.17, 15) is 14.7 Å². The van der Waals surface area contributed by atoms with E-state index in [-0.39, 0.29) is 23.1 Å². The number of carbonyl (C=O) groups excluding carboxylic acids is 2. The Balaban J connectivity index is 1.70. The average Bonchev–Trinajstić information content (AvgIpc) is 3.03. The summed E-state index contributed by atoms with van der Waals surface area (Å²) < 4.78 is 12.0. The number of hydrogen-bond acceptors (Lipinski definition) is 7. The molecule has 3 fully saturated rings. The number of hydrogen-bond donors (Lipinski definition) is 1. The number of esters is 1. The zero-order valence-electron chi connectivity index (χ0n) is 19.1. The number of allylic oxidation sites excluding steroid dienone is 1. The lowest BCUT2D eigenvalue weighted by atomic mass is 9.45. The Morgan fingerprint density at radius 3 is 2.61 bits per heavy atom. The molecule has 0 spiro atoms. The van der Waals surface area contributed by atoms with Crippen LogP contribution in [0.5, 0.6) is 0 Å². The average molecular weight is 469 g/mol. The van der Waals surface area contributed by atoms with Gasteiger partial charge in [-0.1, -0.05) is 19.4 Å². The van der Waals surface area contributed by atoms with Crippen LogP contribution in [0.25, 0.3) is 0 Å². The van der Waals surface area contributed by atoms with Crippen molar-refractivity contribution in [2.75, 3.05) is 24.4 Å². The van der Waals surface area contributed by atoms with Crippen molar-refractivity contribution in [1.29, 1.82) is 0 Å². The molecule has 3 saturated carbocycles. The number of ether oxygens (including phenoxy) is 2. The fourth-order valence-electron chi connectivity index (χ4n) is 7.70. The summed E-state index contributed by atoms with van der Waals surface area (Å²) in [6.45, 7) is 4.41. The molecule has 0 saturated heterocycles. The highest BCUT2D eigenvalue weighted by molar-refractivity contribution is 7.98. The largest absolute Gasteiger partial charge is 0.452 e. The predicted octanol–water partition coefficient (Wildman–Crippen LogP) is 4.43. The molecule has 0 heterocycles. The zero-order valence-corrected chi connectivity index (χ0v) is 20.8. The van der Waals surface area contributed by atoms with E-state index in [0.29, 0.717) is 43.0 Å². The van der Waals surface area contributed by atoms with Crippen molar-refractivity contribution in [2.45, 2.75) is 70.5 Å². The van der Waals surface area contributed by atoms with E-state index in [1.807, 2.05) is 18.6 Å². The Hall–Kier alpha value is -0.500. The molecular formula is C24H36O5S2. The quantitative estimate of drug-likeness (QED) is 0.457. The van der Waals surface area contributed by atoms with Crippen LogP contribution in [0.3, 0.4) is 0 Å². The van der Waals surface area contributed by atoms with Gasteiger partial charge in [0.2, 0.25) is 0 Å². The molecule has 2 unspecified atom stereocenters. The van der Waals surface area contributed by atoms with Gasteiger partial charge in [-0.15, -0.1) is 23.5 Å². The molecule has 1 N–H and O–H groups in total. The fraction of sp³-hybridized carbons (Fsp3) is 0.833. The number of aliphatic hydroxyl groups is 1. The van der Waals surface area contributed by atoms with Gasteiger partial charge in [-0.25, -0.2) is 4.79 Å². The highest BCUT2D eigenvalue weighted by Crippen LogP contribution is 2.68. The molecule has 31 heavy (non-hydrogen) atoms. The first-order valence-electron chi connectivity index (χ1n) is 11.4. The monoisotopic (exact) mass is 468 g/mol. The number of ketones is 1. The number of thioether (sulfide) groups is 2. The second-order valence-corrected chi connectivity index (χ2v) is 12.0. The second-order valence-electron chi connectivity index (χ2n) is 10.3. The second kappa shape index (κ2) is 8.69. The fourth-order valence-corrected chi connectivity index (χ4v) is 8.24. The van der Waals surface area contributed by atoms with Crippen LogP contribution in [0.15, 0.2) is 11.6 Å². The van der Waals surface area contributed by atoms with Gasteiger partial charge in [-0.05, 0) is 80.3 Å². The standard InChI is InChI=1S/C24H36O5S2/c1-22-9-7-16(25)11-15(22)5-6-17-18-8-10-24(29-14-31-4,21(27)28-13-30-3)23(18,2)12-19(26)20(17)22/h11,17-20,26H,5-10,12-14H2,1-4H3/t17-,18-,19?,20-,22-,23-,24?/m0/s1. The minimum absolute atomic E-state index is 0.123. The van der Waals surface area contributed by atoms with Crippen molar-refractivity contribution in [2.24, 2.45) is 28.6 Å². The van der Waals surface area contributed by atoms with E-state index in [2.05, 4.69) is 13.8 Å². The molecule has 0 bridgehead atoms. The first-order chi connectivity index (χ1) is 14.7. The van der Waals surface area contributed by atoms with Gasteiger partial charge in [0.15, 0.2) is 11.4 Å². The summed E-state index contributed by atoms with van der Waals surface area (Å²) in [6, 6.07) is 0. The summed E-state index contributed by atoms with van der Waals surface area (Å²) in [5, 5.41) is 11.6. The molecule has 0 radical (unpaired) electrons. The lowest BCUT2D eigenvalue weighted by Gasteiger charge is -2.60. The van der Waals surface area contributed by atoms with Gasteiger partial charge >= 0.3 is 5.97 Å². The van der Waals surface area contributed by atoms with Crippen molar-refractivity contribution in [3.8, 4) is 0 Å². The molecule has 0 amide bonds. The number of rotatable bonds is 6. The summed E-state index contributed by atoms with van der Waals surface area (Å²) in [5.41, 5.74) is -0.347. The van der Waals surface area contributed by atoms with Crippen LogP contribution in [0, 0.1) is 28.6 Å². The third-order valence-corrected chi connectivity index (χ3v) is 9.78. The molecule has 0 aromatic rings. The maximum atomic E-state index is 13.4. The van der Waals surface area contributed by atoms with Crippen LogP contribution in [0.1, 0.15) is 58.8 Å². The Kier molecular flexibility index (Phi) is 6.63. The van der Waals surface area contributed by atoms with E-state index in [0.717, 1.165) is 25.7 Å². The number of carbonyl (C=O) groups is 2. The first-order valence-corrected chi connectivity index (χ1v) is 14.2. The molecule has 4 rings (SSSR count). The van der Waals surface area contributed by atoms with E-state index in [4.69, 9.17) is 9.47 Å². The smallest absolute Gasteiger partial charge is 0.339 e. The third kappa shape index (κ3) is 3.53. The highest BCUT2D eigenvalue weighted by Gasteiger charge is 2.70. The molecule has 0 aliphatic heterocycles. The highest BCUT2D eigenvalue weighted by atomic mass is 32.2. The maximum Gasteiger partial charge on any atom is 0.339 e. The lowest BCUT2D eigenvalue weighted by Crippen LogP contribution is -2.62. The van der Waals surface area contributed by atoms with Crippen molar-refractivity contribution in [3.05, 3.63) is 11.6 Å². The summed E-state index contributed by atoms with van der Waals surface area (Å²) >= 11 is 3.05. The summed E-state index contributed by atoms with van der Waals surface area (Å²) in [5.74, 6) is 1.49. The molecule has 7 atom stereocenters. The first kappa shape index (κ1) is 23.7. The minimum Gasteiger partial charge on any atom is -0.452 e. The number of fused-ring (bicyclic) bond motifs is 5. The topological polar surface area (TPSA) is 72.8 Å². The summed E-state index contributed by atoms with van der Waals surface area (Å²) in [6.07, 6.45) is 10.6. The van der Waals surface area contributed by atoms with Crippen LogP contribution in [0.2, 0.25) is 0 Å².